The van der Waals surface area contributed by atoms with Gasteiger partial charge in [0.15, 0.2) is 0 Å². The van der Waals surface area contributed by atoms with Crippen molar-refractivity contribution in [2.75, 3.05) is 0 Å². The molecule has 2 aromatic heterocycles. The minimum Gasteiger partial charge on any atom is -0.812 e. The zero-order valence-corrected chi connectivity index (χ0v) is 21.9. The van der Waals surface area contributed by atoms with Crippen LogP contribution in [-0.4, -0.2) is 9.97 Å². The summed E-state index contributed by atoms with van der Waals surface area (Å²) in [4.78, 5) is 12.3. The van der Waals surface area contributed by atoms with E-state index in [-0.39, 0.29) is 31.0 Å². The number of aromatic nitrogens is 2. The number of benzene rings is 4. The van der Waals surface area contributed by atoms with Crippen LogP contribution in [0.4, 0.5) is 0 Å². The third kappa shape index (κ3) is 4.41. The molecule has 0 fully saturated rings. The summed E-state index contributed by atoms with van der Waals surface area (Å²) >= 11 is 8.72. The molecular formula is C28H14N4PtS2. The Hall–Kier alpha value is -3.67. The largest absolute Gasteiger partial charge is 2.00 e. The van der Waals surface area contributed by atoms with Crippen LogP contribution in [0.3, 0.4) is 0 Å². The average Bonchev–Trinajstić information content (AvgIpc) is 2.91. The van der Waals surface area contributed by atoms with Gasteiger partial charge >= 0.3 is 21.1 Å². The topological polar surface area (TPSA) is 53.9 Å². The minimum absolute atomic E-state index is 0. The van der Waals surface area contributed by atoms with Crippen LogP contribution in [-0.2, 0) is 46.3 Å². The Morgan fingerprint density at radius 2 is 1.20 bits per heavy atom. The second-order valence-electron chi connectivity index (χ2n) is 7.57. The van der Waals surface area contributed by atoms with E-state index in [1.165, 1.54) is 26.9 Å². The number of nitrogens with zero attached hydrogens (tertiary/aromatic N) is 4. The van der Waals surface area contributed by atoms with Crippen molar-refractivity contribution < 1.29 is 21.1 Å². The standard InChI is InChI=1S/C24H14N2.C4H2N2S2.Pt/c1-3-7-18-16(5-1)13-25-23-20(18)11-9-15-10-12-21-19-8-4-2-6-17(19)14-26-24(21)22(15)23;1-6-4(8)3(7)2-5;/h1-14H;7-8H;/q;;+2/p-2. The number of allylic oxidation sites excluding steroid dienone is 1. The summed E-state index contributed by atoms with van der Waals surface area (Å²) in [6.45, 7) is 6.29. The van der Waals surface area contributed by atoms with E-state index in [2.05, 4.69) is 103 Å². The second-order valence-corrected chi connectivity index (χ2v) is 8.37. The summed E-state index contributed by atoms with van der Waals surface area (Å²) in [5, 5.41) is 17.4. The first-order valence-corrected chi connectivity index (χ1v) is 11.2. The summed E-state index contributed by atoms with van der Waals surface area (Å²) in [5.74, 6) is 0. The predicted octanol–water partition coefficient (Wildman–Crippen LogP) is 6.93. The Kier molecular flexibility index (Phi) is 7.20. The van der Waals surface area contributed by atoms with Crippen LogP contribution >= 0.6 is 0 Å². The van der Waals surface area contributed by atoms with E-state index in [0.29, 0.717) is 0 Å². The van der Waals surface area contributed by atoms with Gasteiger partial charge in [-0.05, 0) is 16.2 Å². The minimum atomic E-state index is -0.123. The molecule has 0 N–H and O–H groups in total. The number of hydrogen-bond acceptors (Lipinski definition) is 5. The molecule has 6 aromatic rings. The van der Waals surface area contributed by atoms with Crippen molar-refractivity contribution in [2.45, 2.75) is 0 Å². The van der Waals surface area contributed by atoms with Crippen molar-refractivity contribution in [1.82, 2.24) is 9.97 Å². The van der Waals surface area contributed by atoms with Crippen molar-refractivity contribution in [3.8, 4) is 6.07 Å². The van der Waals surface area contributed by atoms with E-state index in [0.717, 1.165) is 27.2 Å². The molecule has 0 amide bonds. The van der Waals surface area contributed by atoms with E-state index in [1.807, 2.05) is 12.4 Å². The molecule has 0 spiro atoms. The maximum absolute atomic E-state index is 8.01. The Morgan fingerprint density at radius 3 is 1.63 bits per heavy atom. The van der Waals surface area contributed by atoms with Gasteiger partial charge in [-0.15, -0.1) is 4.91 Å². The molecule has 0 saturated carbocycles. The third-order valence-corrected chi connectivity index (χ3v) is 6.41. The van der Waals surface area contributed by atoms with Gasteiger partial charge in [-0.25, -0.2) is 0 Å². The zero-order valence-electron chi connectivity index (χ0n) is 18.0. The van der Waals surface area contributed by atoms with E-state index in [1.54, 1.807) is 6.07 Å². The van der Waals surface area contributed by atoms with Gasteiger partial charge in [0.25, 0.3) is 0 Å². The van der Waals surface area contributed by atoms with Crippen LogP contribution < -0.4 is 0 Å². The number of fused-ring (bicyclic) bond motifs is 9. The van der Waals surface area contributed by atoms with E-state index < -0.39 is 0 Å². The van der Waals surface area contributed by atoms with Gasteiger partial charge < -0.3 is 25.3 Å². The zero-order chi connectivity index (χ0) is 23.7. The summed E-state index contributed by atoms with van der Waals surface area (Å²) in [5.41, 5.74) is 2.05. The van der Waals surface area contributed by atoms with E-state index >= 15 is 0 Å². The maximum Gasteiger partial charge on any atom is 2.00 e. The second kappa shape index (κ2) is 10.3. The Labute approximate surface area is 227 Å². The molecule has 6 rings (SSSR count). The molecule has 168 valence electrons. The normalized spacial score (nSPS) is 11.3. The Balaban J connectivity index is 0.000000281. The molecule has 2 heterocycles. The molecule has 7 heteroatoms. The van der Waals surface area contributed by atoms with Gasteiger partial charge in [0.2, 0.25) is 0 Å². The van der Waals surface area contributed by atoms with E-state index in [9.17, 15) is 0 Å². The van der Waals surface area contributed by atoms with Gasteiger partial charge in [0.1, 0.15) is 0 Å². The van der Waals surface area contributed by atoms with Crippen molar-refractivity contribution in [2.24, 2.45) is 0 Å². The molecular weight excluding hydrogens is 652 g/mol. The number of hydrogen-bond donors (Lipinski definition) is 0. The van der Waals surface area contributed by atoms with Crippen LogP contribution in [0.5, 0.6) is 0 Å². The van der Waals surface area contributed by atoms with Gasteiger partial charge in [-0.1, -0.05) is 72.8 Å². The number of nitriles is 1. The molecule has 0 atom stereocenters. The Bertz CT molecular complexity index is 1740. The summed E-state index contributed by atoms with van der Waals surface area (Å²) in [6.07, 6.45) is 3.94. The van der Waals surface area contributed by atoms with Crippen LogP contribution in [0.15, 0.2) is 95.1 Å². The van der Waals surface area contributed by atoms with Crippen LogP contribution in [0.1, 0.15) is 0 Å². The molecule has 0 aliphatic rings. The van der Waals surface area contributed by atoms with Gasteiger partial charge in [-0.3, -0.25) is 14.8 Å². The molecule has 0 aliphatic carbocycles. The van der Waals surface area contributed by atoms with Gasteiger partial charge in [0.05, 0.1) is 23.7 Å². The summed E-state index contributed by atoms with van der Waals surface area (Å²) in [6, 6.07) is 27.2. The van der Waals surface area contributed by atoms with E-state index in [4.69, 9.17) is 21.8 Å². The van der Waals surface area contributed by atoms with Crippen LogP contribution in [0.25, 0.3) is 59.0 Å². The Morgan fingerprint density at radius 1 is 0.714 bits per heavy atom. The molecule has 0 radical (unpaired) electrons. The molecule has 4 aromatic carbocycles. The number of pyridine rings is 2. The molecule has 35 heavy (non-hydrogen) atoms. The SMILES string of the molecule is [C-]#[N+]C([S-])=C([S-])C#N.[Pt+2].c1ccc2c(c1)cnc1c2ccc2ccc3c4ccccc4cnc3c21. The van der Waals surface area contributed by atoms with Crippen molar-refractivity contribution >= 4 is 79.4 Å². The average molecular weight is 666 g/mol. The molecule has 0 bridgehead atoms. The summed E-state index contributed by atoms with van der Waals surface area (Å²) < 4.78 is 0. The quantitative estimate of drug-likeness (QED) is 0.0763. The van der Waals surface area contributed by atoms with Crippen LogP contribution in [0, 0.1) is 17.9 Å². The van der Waals surface area contributed by atoms with Crippen molar-refractivity contribution in [3.05, 3.63) is 107 Å². The van der Waals surface area contributed by atoms with Crippen molar-refractivity contribution in [3.63, 3.8) is 0 Å². The molecule has 0 saturated heterocycles. The first-order valence-electron chi connectivity index (χ1n) is 10.3. The monoisotopic (exact) mass is 665 g/mol. The van der Waals surface area contributed by atoms with Gasteiger partial charge in [0, 0.05) is 44.4 Å². The predicted molar refractivity (Wildman–Crippen MR) is 144 cm³/mol. The molecule has 0 aliphatic heterocycles. The molecule has 0 unspecified atom stereocenters. The molecule has 4 nitrogen and oxygen atoms in total. The fourth-order valence-corrected chi connectivity index (χ4v) is 4.25. The van der Waals surface area contributed by atoms with Crippen LogP contribution in [0.2, 0.25) is 0 Å². The third-order valence-electron chi connectivity index (χ3n) is 5.70. The maximum atomic E-state index is 8.01. The first kappa shape index (κ1) is 24.5. The fraction of sp³-hybridized carbons (Fsp3) is 0. The first-order chi connectivity index (χ1) is 16.6. The van der Waals surface area contributed by atoms with Crippen molar-refractivity contribution in [1.29, 1.82) is 5.26 Å². The fourth-order valence-electron chi connectivity index (χ4n) is 4.16. The summed E-state index contributed by atoms with van der Waals surface area (Å²) in [7, 11) is 0. The number of rotatable bonds is 0. The van der Waals surface area contributed by atoms with Gasteiger partial charge in [-0.2, -0.15) is 5.26 Å². The smallest absolute Gasteiger partial charge is 0.812 e.